The van der Waals surface area contributed by atoms with E-state index in [1.807, 2.05) is 0 Å². The van der Waals surface area contributed by atoms with Crippen LogP contribution in [0.4, 0.5) is 5.82 Å². The summed E-state index contributed by atoms with van der Waals surface area (Å²) in [6, 6.07) is 3.21. The van der Waals surface area contributed by atoms with Crippen molar-refractivity contribution in [1.82, 2.24) is 9.97 Å². The predicted octanol–water partition coefficient (Wildman–Crippen LogP) is 1.65. The van der Waals surface area contributed by atoms with Crippen LogP contribution >= 0.6 is 11.6 Å². The summed E-state index contributed by atoms with van der Waals surface area (Å²) in [7, 11) is 1.31. The Morgan fingerprint density at radius 2 is 2.25 bits per heavy atom. The zero-order chi connectivity index (χ0) is 11.7. The summed E-state index contributed by atoms with van der Waals surface area (Å²) in [6.45, 7) is 0. The number of rotatable bonds is 1. The van der Waals surface area contributed by atoms with E-state index in [4.69, 9.17) is 17.3 Å². The molecular formula is C10H8ClN3O2. The maximum Gasteiger partial charge on any atom is 0.339 e. The molecule has 0 aliphatic carbocycles. The van der Waals surface area contributed by atoms with Crippen LogP contribution in [0.1, 0.15) is 10.4 Å². The Hall–Kier alpha value is -1.88. The highest BCUT2D eigenvalue weighted by molar-refractivity contribution is 6.33. The van der Waals surface area contributed by atoms with E-state index in [0.29, 0.717) is 21.6 Å². The van der Waals surface area contributed by atoms with Gasteiger partial charge in [-0.15, -0.1) is 0 Å². The van der Waals surface area contributed by atoms with Crippen molar-refractivity contribution >= 4 is 34.4 Å². The van der Waals surface area contributed by atoms with E-state index in [0.717, 1.165) is 0 Å². The molecule has 2 aromatic rings. The fourth-order valence-corrected chi connectivity index (χ4v) is 1.44. The molecule has 16 heavy (non-hydrogen) atoms. The monoisotopic (exact) mass is 237 g/mol. The molecular weight excluding hydrogens is 230 g/mol. The number of pyridine rings is 2. The summed E-state index contributed by atoms with van der Waals surface area (Å²) >= 11 is 5.82. The number of carbonyl (C=O) groups is 1. The van der Waals surface area contributed by atoms with Crippen molar-refractivity contribution < 1.29 is 9.53 Å². The number of nitrogen functional groups attached to an aromatic ring is 1. The number of halogens is 1. The maximum atomic E-state index is 11.3. The van der Waals surface area contributed by atoms with Gasteiger partial charge >= 0.3 is 5.97 Å². The molecule has 2 heterocycles. The summed E-state index contributed by atoms with van der Waals surface area (Å²) in [5.41, 5.74) is 6.32. The molecule has 6 heteroatoms. The minimum absolute atomic E-state index is 0.215. The van der Waals surface area contributed by atoms with Gasteiger partial charge in [-0.05, 0) is 12.1 Å². The first kappa shape index (κ1) is 10.6. The van der Waals surface area contributed by atoms with Crippen LogP contribution in [0.2, 0.25) is 5.02 Å². The van der Waals surface area contributed by atoms with Crippen molar-refractivity contribution in [2.24, 2.45) is 0 Å². The average molecular weight is 238 g/mol. The van der Waals surface area contributed by atoms with E-state index in [2.05, 4.69) is 14.7 Å². The molecule has 0 spiro atoms. The van der Waals surface area contributed by atoms with Gasteiger partial charge in [0.15, 0.2) is 5.65 Å². The molecule has 2 rings (SSSR count). The largest absolute Gasteiger partial charge is 0.465 e. The van der Waals surface area contributed by atoms with Crippen LogP contribution < -0.4 is 5.73 Å². The molecule has 0 aromatic carbocycles. The average Bonchev–Trinajstić information content (AvgIpc) is 2.29. The van der Waals surface area contributed by atoms with Gasteiger partial charge in [0.25, 0.3) is 0 Å². The molecule has 0 atom stereocenters. The summed E-state index contributed by atoms with van der Waals surface area (Å²) in [5.74, 6) is -0.241. The molecule has 0 saturated heterocycles. The quantitative estimate of drug-likeness (QED) is 0.763. The summed E-state index contributed by atoms with van der Waals surface area (Å²) in [5, 5.41) is 0.971. The lowest BCUT2D eigenvalue weighted by molar-refractivity contribution is 0.0600. The van der Waals surface area contributed by atoms with E-state index in [1.54, 1.807) is 12.1 Å². The van der Waals surface area contributed by atoms with Crippen LogP contribution in [-0.2, 0) is 4.74 Å². The summed E-state index contributed by atoms with van der Waals surface area (Å²) < 4.78 is 4.58. The van der Waals surface area contributed by atoms with Crippen LogP contribution in [0.5, 0.6) is 0 Å². The Morgan fingerprint density at radius 1 is 1.50 bits per heavy atom. The maximum absolute atomic E-state index is 11.3. The lowest BCUT2D eigenvalue weighted by atomic mass is 10.2. The normalized spacial score (nSPS) is 10.4. The van der Waals surface area contributed by atoms with E-state index in [1.165, 1.54) is 13.3 Å². The Kier molecular flexibility index (Phi) is 2.62. The standard InChI is InChI=1S/C10H8ClN3O2/c1-16-10(15)6-2-5-3-7(11)8(12)14-9(5)13-4-6/h2-4H,1H3,(H2,12,13,14). The Balaban J connectivity index is 2.62. The van der Waals surface area contributed by atoms with Crippen LogP contribution in [0.25, 0.3) is 11.0 Å². The van der Waals surface area contributed by atoms with Gasteiger partial charge in [0.2, 0.25) is 0 Å². The van der Waals surface area contributed by atoms with E-state index in [-0.39, 0.29) is 5.82 Å². The molecule has 0 saturated carbocycles. The highest BCUT2D eigenvalue weighted by atomic mass is 35.5. The number of ether oxygens (including phenoxy) is 1. The number of aromatic nitrogens is 2. The van der Waals surface area contributed by atoms with Gasteiger partial charge in [0.05, 0.1) is 17.7 Å². The van der Waals surface area contributed by atoms with Crippen molar-refractivity contribution in [3.8, 4) is 0 Å². The number of esters is 1. The van der Waals surface area contributed by atoms with Gasteiger partial charge in [-0.25, -0.2) is 14.8 Å². The van der Waals surface area contributed by atoms with Crippen molar-refractivity contribution in [2.45, 2.75) is 0 Å². The van der Waals surface area contributed by atoms with Crippen molar-refractivity contribution in [2.75, 3.05) is 12.8 Å². The molecule has 0 bridgehead atoms. The fraction of sp³-hybridized carbons (Fsp3) is 0.100. The van der Waals surface area contributed by atoms with Crippen molar-refractivity contribution in [3.63, 3.8) is 0 Å². The predicted molar refractivity (Wildman–Crippen MR) is 60.3 cm³/mol. The van der Waals surface area contributed by atoms with E-state index >= 15 is 0 Å². The minimum atomic E-state index is -0.456. The molecule has 82 valence electrons. The number of hydrogen-bond acceptors (Lipinski definition) is 5. The van der Waals surface area contributed by atoms with Crippen LogP contribution in [-0.4, -0.2) is 23.0 Å². The highest BCUT2D eigenvalue weighted by Crippen LogP contribution is 2.22. The Morgan fingerprint density at radius 3 is 2.94 bits per heavy atom. The Labute approximate surface area is 96.2 Å². The van der Waals surface area contributed by atoms with Crippen LogP contribution in [0.15, 0.2) is 18.3 Å². The fourth-order valence-electron chi connectivity index (χ4n) is 1.28. The first-order valence-electron chi connectivity index (χ1n) is 4.42. The molecule has 0 aliphatic rings. The lowest BCUT2D eigenvalue weighted by Crippen LogP contribution is -2.02. The summed E-state index contributed by atoms with van der Waals surface area (Å²) in [6.07, 6.45) is 1.38. The minimum Gasteiger partial charge on any atom is -0.465 e. The second kappa shape index (κ2) is 3.94. The first-order valence-corrected chi connectivity index (χ1v) is 4.79. The topological polar surface area (TPSA) is 78.1 Å². The third kappa shape index (κ3) is 1.77. The van der Waals surface area contributed by atoms with Gasteiger partial charge in [0, 0.05) is 11.6 Å². The molecule has 0 aliphatic heterocycles. The zero-order valence-corrected chi connectivity index (χ0v) is 9.15. The number of carbonyl (C=O) groups excluding carboxylic acids is 1. The summed E-state index contributed by atoms with van der Waals surface area (Å²) in [4.78, 5) is 19.3. The highest BCUT2D eigenvalue weighted by Gasteiger charge is 2.09. The number of hydrogen-bond donors (Lipinski definition) is 1. The molecule has 0 amide bonds. The number of nitrogens with two attached hydrogens (primary N) is 1. The number of nitrogens with zero attached hydrogens (tertiary/aromatic N) is 2. The second-order valence-electron chi connectivity index (χ2n) is 3.12. The SMILES string of the molecule is COC(=O)c1cnc2nc(N)c(Cl)cc2c1. The molecule has 0 unspecified atom stereocenters. The molecule has 0 radical (unpaired) electrons. The third-order valence-electron chi connectivity index (χ3n) is 2.07. The number of fused-ring (bicyclic) bond motifs is 1. The molecule has 0 fully saturated rings. The molecule has 5 nitrogen and oxygen atoms in total. The van der Waals surface area contributed by atoms with Gasteiger partial charge in [-0.2, -0.15) is 0 Å². The third-order valence-corrected chi connectivity index (χ3v) is 2.37. The number of anilines is 1. The lowest BCUT2D eigenvalue weighted by Gasteiger charge is -2.02. The van der Waals surface area contributed by atoms with Crippen LogP contribution in [0, 0.1) is 0 Å². The molecule has 2 N–H and O–H groups in total. The van der Waals surface area contributed by atoms with Gasteiger partial charge < -0.3 is 10.5 Å². The van der Waals surface area contributed by atoms with E-state index in [9.17, 15) is 4.79 Å². The van der Waals surface area contributed by atoms with Gasteiger partial charge in [-0.1, -0.05) is 11.6 Å². The van der Waals surface area contributed by atoms with Crippen molar-refractivity contribution in [3.05, 3.63) is 28.9 Å². The smallest absolute Gasteiger partial charge is 0.339 e. The second-order valence-corrected chi connectivity index (χ2v) is 3.52. The Bertz CT molecular complexity index is 571. The first-order chi connectivity index (χ1) is 7.61. The van der Waals surface area contributed by atoms with E-state index < -0.39 is 5.97 Å². The van der Waals surface area contributed by atoms with Crippen molar-refractivity contribution in [1.29, 1.82) is 0 Å². The number of methoxy groups -OCH3 is 1. The van der Waals surface area contributed by atoms with Crippen LogP contribution in [0.3, 0.4) is 0 Å². The van der Waals surface area contributed by atoms with Gasteiger partial charge in [-0.3, -0.25) is 0 Å². The molecule has 2 aromatic heterocycles. The van der Waals surface area contributed by atoms with Gasteiger partial charge in [0.1, 0.15) is 5.82 Å². The zero-order valence-electron chi connectivity index (χ0n) is 8.40.